The summed E-state index contributed by atoms with van der Waals surface area (Å²) in [5, 5.41) is 0. The number of rotatable bonds is 12. The smallest absolute Gasteiger partial charge is 0.186 e. The maximum Gasteiger partial charge on any atom is 0.186 e. The summed E-state index contributed by atoms with van der Waals surface area (Å²) in [6, 6.07) is 10.2. The highest BCUT2D eigenvalue weighted by Crippen LogP contribution is 2.40. The third-order valence-corrected chi connectivity index (χ3v) is 4.68. The quantitative estimate of drug-likeness (QED) is 0.427. The molecule has 24 heavy (non-hydrogen) atoms. The Morgan fingerprint density at radius 2 is 1.71 bits per heavy atom. The van der Waals surface area contributed by atoms with Crippen molar-refractivity contribution in [1.29, 1.82) is 0 Å². The van der Waals surface area contributed by atoms with Crippen molar-refractivity contribution in [3.8, 4) is 0 Å². The van der Waals surface area contributed by atoms with Crippen molar-refractivity contribution < 1.29 is 18.9 Å². The second-order valence-corrected chi connectivity index (χ2v) is 6.75. The van der Waals surface area contributed by atoms with E-state index in [9.17, 15) is 0 Å². The average Bonchev–Trinajstić information content (AvgIpc) is 3.34. The number of hydrogen-bond donors (Lipinski definition) is 0. The van der Waals surface area contributed by atoms with Crippen molar-refractivity contribution in [2.75, 3.05) is 13.2 Å². The van der Waals surface area contributed by atoms with Gasteiger partial charge in [-0.1, -0.05) is 69.4 Å². The van der Waals surface area contributed by atoms with E-state index in [0.717, 1.165) is 13.0 Å². The minimum Gasteiger partial charge on any atom is -0.374 e. The SMILES string of the molecule is CCCCCCCCO[C@H]1O[C@H](COCc2ccccc2)[C@@H]2O[C@H]12. The second kappa shape index (κ2) is 9.52. The van der Waals surface area contributed by atoms with Crippen LogP contribution in [0.3, 0.4) is 0 Å². The van der Waals surface area contributed by atoms with Crippen LogP contribution in [0.5, 0.6) is 0 Å². The van der Waals surface area contributed by atoms with E-state index in [2.05, 4.69) is 19.1 Å². The molecule has 0 bridgehead atoms. The van der Waals surface area contributed by atoms with E-state index in [1.165, 1.54) is 37.7 Å². The zero-order chi connectivity index (χ0) is 16.6. The van der Waals surface area contributed by atoms with Gasteiger partial charge >= 0.3 is 0 Å². The summed E-state index contributed by atoms with van der Waals surface area (Å²) >= 11 is 0. The predicted octanol–water partition coefficient (Wildman–Crippen LogP) is 4.07. The second-order valence-electron chi connectivity index (χ2n) is 6.75. The first kappa shape index (κ1) is 17.9. The maximum absolute atomic E-state index is 5.93. The van der Waals surface area contributed by atoms with Crippen LogP contribution >= 0.6 is 0 Å². The first-order valence-corrected chi connectivity index (χ1v) is 9.42. The van der Waals surface area contributed by atoms with Gasteiger partial charge in [-0.05, 0) is 12.0 Å². The van der Waals surface area contributed by atoms with Gasteiger partial charge in [0.05, 0.1) is 13.2 Å². The Hall–Kier alpha value is -0.940. The van der Waals surface area contributed by atoms with E-state index in [1.807, 2.05) is 18.2 Å². The molecule has 2 aliphatic heterocycles. The molecule has 3 rings (SSSR count). The van der Waals surface area contributed by atoms with Crippen molar-refractivity contribution >= 4 is 0 Å². The predicted molar refractivity (Wildman–Crippen MR) is 92.7 cm³/mol. The summed E-state index contributed by atoms with van der Waals surface area (Å²) < 4.78 is 23.2. The van der Waals surface area contributed by atoms with Gasteiger partial charge in [0.15, 0.2) is 6.29 Å². The van der Waals surface area contributed by atoms with Crippen molar-refractivity contribution in [3.05, 3.63) is 35.9 Å². The van der Waals surface area contributed by atoms with Crippen LogP contribution < -0.4 is 0 Å². The zero-order valence-electron chi connectivity index (χ0n) is 14.7. The molecule has 0 radical (unpaired) electrons. The highest BCUT2D eigenvalue weighted by molar-refractivity contribution is 5.13. The Balaban J connectivity index is 1.25. The number of ether oxygens (including phenoxy) is 4. The molecule has 134 valence electrons. The van der Waals surface area contributed by atoms with E-state index in [4.69, 9.17) is 18.9 Å². The molecule has 0 aliphatic carbocycles. The summed E-state index contributed by atoms with van der Waals surface area (Å²) in [6.07, 6.45) is 7.72. The molecule has 0 amide bonds. The lowest BCUT2D eigenvalue weighted by Gasteiger charge is -2.18. The van der Waals surface area contributed by atoms with Gasteiger partial charge in [0.25, 0.3) is 0 Å². The summed E-state index contributed by atoms with van der Waals surface area (Å²) in [4.78, 5) is 0. The molecule has 0 spiro atoms. The lowest BCUT2D eigenvalue weighted by atomic mass is 10.1. The average molecular weight is 334 g/mol. The van der Waals surface area contributed by atoms with Gasteiger partial charge in [0.2, 0.25) is 0 Å². The molecular weight excluding hydrogens is 304 g/mol. The van der Waals surface area contributed by atoms with Crippen LogP contribution in [0, 0.1) is 0 Å². The van der Waals surface area contributed by atoms with Crippen LogP contribution in [0.2, 0.25) is 0 Å². The molecule has 0 unspecified atom stereocenters. The minimum atomic E-state index is -0.198. The normalized spacial score (nSPS) is 28.0. The highest BCUT2D eigenvalue weighted by Gasteiger charge is 2.58. The minimum absolute atomic E-state index is 0.00765. The molecule has 2 aliphatic rings. The summed E-state index contributed by atoms with van der Waals surface area (Å²) in [5.74, 6) is 0. The Morgan fingerprint density at radius 1 is 0.917 bits per heavy atom. The van der Waals surface area contributed by atoms with Crippen molar-refractivity contribution in [3.63, 3.8) is 0 Å². The number of unbranched alkanes of at least 4 members (excludes halogenated alkanes) is 5. The van der Waals surface area contributed by atoms with Crippen molar-refractivity contribution in [2.24, 2.45) is 0 Å². The first-order valence-electron chi connectivity index (χ1n) is 9.42. The van der Waals surface area contributed by atoms with Gasteiger partial charge in [-0.15, -0.1) is 0 Å². The van der Waals surface area contributed by atoms with Gasteiger partial charge in [-0.3, -0.25) is 0 Å². The molecular formula is C20H30O4. The van der Waals surface area contributed by atoms with Gasteiger partial charge in [0.1, 0.15) is 18.3 Å². The van der Waals surface area contributed by atoms with E-state index in [1.54, 1.807) is 0 Å². The summed E-state index contributed by atoms with van der Waals surface area (Å²) in [7, 11) is 0. The molecule has 2 fully saturated rings. The van der Waals surface area contributed by atoms with Gasteiger partial charge in [0, 0.05) is 6.61 Å². The largest absolute Gasteiger partial charge is 0.374 e. The Morgan fingerprint density at radius 3 is 2.54 bits per heavy atom. The van der Waals surface area contributed by atoms with Gasteiger partial charge < -0.3 is 18.9 Å². The van der Waals surface area contributed by atoms with Gasteiger partial charge in [-0.25, -0.2) is 0 Å². The summed E-state index contributed by atoms with van der Waals surface area (Å²) in [6.45, 7) is 4.18. The Kier molecular flexibility index (Phi) is 7.09. The fraction of sp³-hybridized carbons (Fsp3) is 0.700. The topological polar surface area (TPSA) is 40.2 Å². The van der Waals surface area contributed by atoms with Crippen LogP contribution in [0.1, 0.15) is 51.0 Å². The lowest BCUT2D eigenvalue weighted by molar-refractivity contribution is -0.184. The molecule has 4 heteroatoms. The highest BCUT2D eigenvalue weighted by atomic mass is 16.8. The standard InChI is InChI=1S/C20H30O4/c1-2-3-4-5-6-10-13-22-20-19-18(24-19)17(23-20)15-21-14-16-11-8-7-9-12-16/h7-9,11-12,17-20H,2-6,10,13-15H2,1H3/t17-,18+,19+,20+/m1/s1. The molecule has 0 N–H and O–H groups in total. The van der Waals surface area contributed by atoms with Crippen LogP contribution in [0.4, 0.5) is 0 Å². The van der Waals surface area contributed by atoms with Gasteiger partial charge in [-0.2, -0.15) is 0 Å². The Labute approximate surface area is 145 Å². The zero-order valence-corrected chi connectivity index (χ0v) is 14.7. The maximum atomic E-state index is 5.93. The Bertz CT molecular complexity index is 464. The third-order valence-electron chi connectivity index (χ3n) is 4.68. The number of fused-ring (bicyclic) bond motifs is 1. The number of benzene rings is 1. The number of epoxide rings is 1. The van der Waals surface area contributed by atoms with Crippen LogP contribution in [0.15, 0.2) is 30.3 Å². The monoisotopic (exact) mass is 334 g/mol. The molecule has 4 atom stereocenters. The first-order chi connectivity index (χ1) is 11.9. The molecule has 0 saturated carbocycles. The van der Waals surface area contributed by atoms with E-state index >= 15 is 0 Å². The fourth-order valence-electron chi connectivity index (χ4n) is 3.20. The molecule has 2 saturated heterocycles. The molecule has 0 aromatic heterocycles. The van der Waals surface area contributed by atoms with E-state index in [0.29, 0.717) is 13.2 Å². The molecule has 4 nitrogen and oxygen atoms in total. The van der Waals surface area contributed by atoms with Crippen LogP contribution in [-0.4, -0.2) is 37.8 Å². The van der Waals surface area contributed by atoms with Crippen molar-refractivity contribution in [2.45, 2.75) is 76.7 Å². The van der Waals surface area contributed by atoms with Crippen LogP contribution in [0.25, 0.3) is 0 Å². The molecule has 1 aromatic carbocycles. The summed E-state index contributed by atoms with van der Waals surface area (Å²) in [5.41, 5.74) is 1.18. The van der Waals surface area contributed by atoms with E-state index in [-0.39, 0.29) is 24.6 Å². The molecule has 1 aromatic rings. The van der Waals surface area contributed by atoms with E-state index < -0.39 is 0 Å². The third kappa shape index (κ3) is 5.28. The lowest BCUT2D eigenvalue weighted by Crippen LogP contribution is -2.26. The molecule has 2 heterocycles. The van der Waals surface area contributed by atoms with Crippen LogP contribution in [-0.2, 0) is 25.6 Å². The number of hydrogen-bond acceptors (Lipinski definition) is 4. The fourth-order valence-corrected chi connectivity index (χ4v) is 3.20. The van der Waals surface area contributed by atoms with Crippen molar-refractivity contribution in [1.82, 2.24) is 0 Å².